The fraction of sp³-hybridized carbons (Fsp3) is 0.600. The highest BCUT2D eigenvalue weighted by Crippen LogP contribution is 2.29. The number of methoxy groups -OCH3 is 2. The lowest BCUT2D eigenvalue weighted by molar-refractivity contribution is 0.238. The molecule has 0 aromatic heterocycles. The quantitative estimate of drug-likeness (QED) is 0.825. The van der Waals surface area contributed by atoms with E-state index >= 15 is 0 Å². The maximum atomic E-state index is 12.6. The molecule has 1 fully saturated rings. The first kappa shape index (κ1) is 17.1. The highest BCUT2D eigenvalue weighted by atomic mass is 32.2. The average Bonchev–Trinajstić information content (AvgIpc) is 2.53. The molecule has 2 rings (SSSR count). The molecule has 124 valence electrons. The van der Waals surface area contributed by atoms with Crippen LogP contribution in [0.4, 0.5) is 0 Å². The highest BCUT2D eigenvalue weighted by molar-refractivity contribution is 7.89. The number of hydrogen-bond donors (Lipinski definition) is 2. The van der Waals surface area contributed by atoms with Gasteiger partial charge >= 0.3 is 0 Å². The molecule has 1 heterocycles. The minimum Gasteiger partial charge on any atom is -0.497 e. The zero-order valence-corrected chi connectivity index (χ0v) is 14.1. The Morgan fingerprint density at radius 3 is 2.68 bits per heavy atom. The van der Waals surface area contributed by atoms with Gasteiger partial charge in [0.2, 0.25) is 10.0 Å². The molecule has 6 nitrogen and oxygen atoms in total. The molecule has 1 aliphatic heterocycles. The van der Waals surface area contributed by atoms with E-state index in [-0.39, 0.29) is 10.3 Å². The van der Waals surface area contributed by atoms with E-state index in [0.717, 1.165) is 25.9 Å². The van der Waals surface area contributed by atoms with Crippen molar-refractivity contribution in [3.05, 3.63) is 18.2 Å². The van der Waals surface area contributed by atoms with Crippen LogP contribution < -0.4 is 19.5 Å². The van der Waals surface area contributed by atoms with Gasteiger partial charge in [-0.2, -0.15) is 0 Å². The van der Waals surface area contributed by atoms with Gasteiger partial charge in [-0.25, -0.2) is 13.1 Å². The Hall–Kier alpha value is -1.31. The minimum atomic E-state index is -3.66. The molecule has 0 bridgehead atoms. The maximum Gasteiger partial charge on any atom is 0.244 e. The van der Waals surface area contributed by atoms with Crippen molar-refractivity contribution >= 4 is 10.0 Å². The Labute approximate surface area is 132 Å². The number of hydrogen-bond acceptors (Lipinski definition) is 5. The second kappa shape index (κ2) is 6.85. The minimum absolute atomic E-state index is 0.0720. The first-order valence-corrected chi connectivity index (χ1v) is 8.81. The molecule has 0 radical (unpaired) electrons. The zero-order chi connectivity index (χ0) is 16.2. The molecule has 22 heavy (non-hydrogen) atoms. The third-order valence-electron chi connectivity index (χ3n) is 4.03. The van der Waals surface area contributed by atoms with Crippen molar-refractivity contribution in [3.8, 4) is 11.5 Å². The van der Waals surface area contributed by atoms with Crippen LogP contribution >= 0.6 is 0 Å². The second-order valence-corrected chi connectivity index (χ2v) is 7.67. The monoisotopic (exact) mass is 328 g/mol. The molecule has 1 saturated heterocycles. The SMILES string of the molecule is COc1ccc(OC)c(S(=O)(=O)NCC2(C)CCCNC2)c1. The van der Waals surface area contributed by atoms with Gasteiger partial charge in [0.05, 0.1) is 14.2 Å². The van der Waals surface area contributed by atoms with Crippen molar-refractivity contribution < 1.29 is 17.9 Å². The summed E-state index contributed by atoms with van der Waals surface area (Å²) in [5, 5.41) is 3.31. The molecule has 7 heteroatoms. The summed E-state index contributed by atoms with van der Waals surface area (Å²) < 4.78 is 38.2. The molecule has 0 spiro atoms. The second-order valence-electron chi connectivity index (χ2n) is 5.93. The molecule has 1 unspecified atom stereocenters. The molecular formula is C15H24N2O4S. The number of sulfonamides is 1. The summed E-state index contributed by atoms with van der Waals surface area (Å²) in [6.45, 7) is 4.28. The van der Waals surface area contributed by atoms with Crippen LogP contribution in [0.25, 0.3) is 0 Å². The van der Waals surface area contributed by atoms with Crippen molar-refractivity contribution in [2.75, 3.05) is 33.9 Å². The zero-order valence-electron chi connectivity index (χ0n) is 13.3. The lowest BCUT2D eigenvalue weighted by Crippen LogP contribution is -2.45. The Balaban J connectivity index is 2.19. The van der Waals surface area contributed by atoms with Crippen molar-refractivity contribution in [2.45, 2.75) is 24.7 Å². The third-order valence-corrected chi connectivity index (χ3v) is 5.46. The fourth-order valence-electron chi connectivity index (χ4n) is 2.61. The Morgan fingerprint density at radius 1 is 1.32 bits per heavy atom. The molecule has 2 N–H and O–H groups in total. The maximum absolute atomic E-state index is 12.6. The summed E-state index contributed by atoms with van der Waals surface area (Å²) in [6.07, 6.45) is 2.05. The van der Waals surface area contributed by atoms with Crippen LogP contribution in [0.15, 0.2) is 23.1 Å². The van der Waals surface area contributed by atoms with Gasteiger partial charge in [-0.15, -0.1) is 0 Å². The van der Waals surface area contributed by atoms with Crippen molar-refractivity contribution in [3.63, 3.8) is 0 Å². The van der Waals surface area contributed by atoms with E-state index in [1.54, 1.807) is 12.1 Å². The summed E-state index contributed by atoms with van der Waals surface area (Å²) in [5.74, 6) is 0.784. The van der Waals surface area contributed by atoms with Gasteiger partial charge in [-0.05, 0) is 36.9 Å². The summed E-state index contributed by atoms with van der Waals surface area (Å²) in [4.78, 5) is 0.0988. The van der Waals surface area contributed by atoms with Crippen molar-refractivity contribution in [2.24, 2.45) is 5.41 Å². The Kier molecular flexibility index (Phi) is 5.31. The van der Waals surface area contributed by atoms with E-state index in [1.807, 2.05) is 0 Å². The smallest absolute Gasteiger partial charge is 0.244 e. The fourth-order valence-corrected chi connectivity index (χ4v) is 3.99. The van der Waals surface area contributed by atoms with E-state index in [2.05, 4.69) is 17.0 Å². The van der Waals surface area contributed by atoms with Gasteiger partial charge in [0.15, 0.2) is 0 Å². The van der Waals surface area contributed by atoms with Crippen LogP contribution in [0.3, 0.4) is 0 Å². The Morgan fingerprint density at radius 2 is 2.09 bits per heavy atom. The van der Waals surface area contributed by atoms with Crippen LogP contribution in [0.1, 0.15) is 19.8 Å². The summed E-state index contributed by atoms with van der Waals surface area (Å²) >= 11 is 0. The number of benzene rings is 1. The summed E-state index contributed by atoms with van der Waals surface area (Å²) in [6, 6.07) is 4.74. The lowest BCUT2D eigenvalue weighted by atomic mass is 9.83. The molecule has 0 saturated carbocycles. The number of piperidine rings is 1. The number of nitrogens with one attached hydrogen (secondary N) is 2. The summed E-state index contributed by atoms with van der Waals surface area (Å²) in [5.41, 5.74) is -0.0720. The first-order chi connectivity index (χ1) is 10.4. The van der Waals surface area contributed by atoms with Crippen molar-refractivity contribution in [1.29, 1.82) is 0 Å². The van der Waals surface area contributed by atoms with Gasteiger partial charge < -0.3 is 14.8 Å². The largest absolute Gasteiger partial charge is 0.497 e. The van der Waals surface area contributed by atoms with Gasteiger partial charge in [0.1, 0.15) is 16.4 Å². The van der Waals surface area contributed by atoms with Gasteiger partial charge in [-0.3, -0.25) is 0 Å². The van der Waals surface area contributed by atoms with E-state index in [9.17, 15) is 8.42 Å². The number of ether oxygens (including phenoxy) is 2. The predicted octanol–water partition coefficient (Wildman–Crippen LogP) is 1.37. The number of rotatable bonds is 6. The predicted molar refractivity (Wildman–Crippen MR) is 84.9 cm³/mol. The van der Waals surface area contributed by atoms with Crippen LogP contribution in [0, 0.1) is 5.41 Å². The van der Waals surface area contributed by atoms with E-state index in [4.69, 9.17) is 9.47 Å². The van der Waals surface area contributed by atoms with Gasteiger partial charge in [0, 0.05) is 19.2 Å². The first-order valence-electron chi connectivity index (χ1n) is 7.33. The van der Waals surface area contributed by atoms with Gasteiger partial charge in [-0.1, -0.05) is 6.92 Å². The molecule has 1 aromatic carbocycles. The molecule has 0 amide bonds. The topological polar surface area (TPSA) is 76.7 Å². The molecule has 1 aliphatic rings. The lowest BCUT2D eigenvalue weighted by Gasteiger charge is -2.34. The van der Waals surface area contributed by atoms with E-state index in [0.29, 0.717) is 18.0 Å². The molecular weight excluding hydrogens is 304 g/mol. The standard InChI is InChI=1S/C15H24N2O4S/c1-15(7-4-8-16-10-15)11-17-22(18,19)14-9-12(20-2)5-6-13(14)21-3/h5-6,9,16-17H,4,7-8,10-11H2,1-3H3. The highest BCUT2D eigenvalue weighted by Gasteiger charge is 2.29. The van der Waals surface area contributed by atoms with Crippen LogP contribution in [0.5, 0.6) is 11.5 Å². The normalized spacial score (nSPS) is 22.3. The van der Waals surface area contributed by atoms with Gasteiger partial charge in [0.25, 0.3) is 0 Å². The molecule has 0 aliphatic carbocycles. The van der Waals surface area contributed by atoms with Crippen molar-refractivity contribution in [1.82, 2.24) is 10.0 Å². The average molecular weight is 328 g/mol. The van der Waals surface area contributed by atoms with Crippen LogP contribution in [-0.2, 0) is 10.0 Å². The third kappa shape index (κ3) is 3.91. The molecule has 1 aromatic rings. The van der Waals surface area contributed by atoms with Crippen LogP contribution in [0.2, 0.25) is 0 Å². The summed E-state index contributed by atoms with van der Waals surface area (Å²) in [7, 11) is -0.704. The van der Waals surface area contributed by atoms with Crippen LogP contribution in [-0.4, -0.2) is 42.3 Å². The molecule has 1 atom stereocenters. The van der Waals surface area contributed by atoms with E-state index in [1.165, 1.54) is 20.3 Å². The Bertz CT molecular complexity index is 610. The van der Waals surface area contributed by atoms with E-state index < -0.39 is 10.0 Å².